The first kappa shape index (κ1) is 10.4. The van der Waals surface area contributed by atoms with Crippen molar-refractivity contribution in [1.82, 2.24) is 0 Å². The number of ketones is 1. The fraction of sp³-hybridized carbons (Fsp3) is 0.700. The van der Waals surface area contributed by atoms with Crippen molar-refractivity contribution in [2.45, 2.75) is 40.0 Å². The maximum absolute atomic E-state index is 10.7. The third-order valence-electron chi connectivity index (χ3n) is 1.53. The minimum atomic E-state index is 0.277. The molecule has 64 valence electrons. The zero-order chi connectivity index (χ0) is 8.69. The van der Waals surface area contributed by atoms with Gasteiger partial charge in [0.15, 0.2) is 0 Å². The number of hydrogen-bond donors (Lipinski definition) is 0. The molecule has 0 aliphatic heterocycles. The largest absolute Gasteiger partial charge is 0.300 e. The van der Waals surface area contributed by atoms with Crippen molar-refractivity contribution in [2.24, 2.45) is 5.92 Å². The Morgan fingerprint density at radius 1 is 1.55 bits per heavy atom. The summed E-state index contributed by atoms with van der Waals surface area (Å²) in [7, 11) is 0. The molecule has 0 fully saturated rings. The van der Waals surface area contributed by atoms with Gasteiger partial charge in [-0.3, -0.25) is 0 Å². The SMILES string of the molecule is CCC/C=C/C(C)CC(C)=O. The highest BCUT2D eigenvalue weighted by Crippen LogP contribution is 2.05. The highest BCUT2D eigenvalue weighted by atomic mass is 16.1. The van der Waals surface area contributed by atoms with Crippen LogP contribution in [0, 0.1) is 5.92 Å². The number of Topliss-reactive ketones (excluding diaryl/α,β-unsaturated/α-hetero) is 1. The number of hydrogen-bond acceptors (Lipinski definition) is 1. The summed E-state index contributed by atoms with van der Waals surface area (Å²) in [6.07, 6.45) is 7.28. The standard InChI is InChI=1S/C10H18O/c1-4-5-6-7-9(2)8-10(3)11/h6-7,9H,4-5,8H2,1-3H3/b7-6+. The number of rotatable bonds is 5. The Bertz CT molecular complexity index is 136. The van der Waals surface area contributed by atoms with E-state index in [1.807, 2.05) is 0 Å². The summed E-state index contributed by atoms with van der Waals surface area (Å²) in [5, 5.41) is 0. The van der Waals surface area contributed by atoms with Gasteiger partial charge in [-0.2, -0.15) is 0 Å². The molecule has 0 aliphatic rings. The second-order valence-electron chi connectivity index (χ2n) is 3.10. The second-order valence-corrected chi connectivity index (χ2v) is 3.10. The molecular formula is C10H18O. The van der Waals surface area contributed by atoms with Crippen molar-refractivity contribution in [2.75, 3.05) is 0 Å². The van der Waals surface area contributed by atoms with E-state index in [1.165, 1.54) is 6.42 Å². The molecule has 11 heavy (non-hydrogen) atoms. The quantitative estimate of drug-likeness (QED) is 0.556. The van der Waals surface area contributed by atoms with E-state index >= 15 is 0 Å². The first-order chi connectivity index (χ1) is 5.16. The zero-order valence-electron chi connectivity index (χ0n) is 7.76. The van der Waals surface area contributed by atoms with Crippen LogP contribution in [0.2, 0.25) is 0 Å². The Morgan fingerprint density at radius 3 is 2.64 bits per heavy atom. The van der Waals surface area contributed by atoms with Gasteiger partial charge in [0.2, 0.25) is 0 Å². The molecule has 1 atom stereocenters. The summed E-state index contributed by atoms with van der Waals surface area (Å²) >= 11 is 0. The number of carbonyl (C=O) groups is 1. The van der Waals surface area contributed by atoms with E-state index in [1.54, 1.807) is 6.92 Å². The minimum Gasteiger partial charge on any atom is -0.300 e. The Balaban J connectivity index is 3.50. The average molecular weight is 154 g/mol. The molecule has 0 radical (unpaired) electrons. The predicted octanol–water partition coefficient (Wildman–Crippen LogP) is 2.96. The van der Waals surface area contributed by atoms with Gasteiger partial charge < -0.3 is 4.79 Å². The smallest absolute Gasteiger partial charge is 0.130 e. The summed E-state index contributed by atoms with van der Waals surface area (Å²) in [4.78, 5) is 10.7. The molecule has 0 N–H and O–H groups in total. The third kappa shape index (κ3) is 7.31. The average Bonchev–Trinajstić information content (AvgIpc) is 1.86. The van der Waals surface area contributed by atoms with Crippen molar-refractivity contribution in [1.29, 1.82) is 0 Å². The molecule has 0 saturated carbocycles. The lowest BCUT2D eigenvalue weighted by Gasteiger charge is -2.00. The van der Waals surface area contributed by atoms with Gasteiger partial charge in [0.25, 0.3) is 0 Å². The van der Waals surface area contributed by atoms with Crippen LogP contribution in [0.4, 0.5) is 0 Å². The van der Waals surface area contributed by atoms with E-state index < -0.39 is 0 Å². The Hall–Kier alpha value is -0.590. The van der Waals surface area contributed by atoms with Crippen LogP contribution >= 0.6 is 0 Å². The molecule has 0 aromatic heterocycles. The number of unbranched alkanes of at least 4 members (excludes halogenated alkanes) is 1. The van der Waals surface area contributed by atoms with Gasteiger partial charge in [-0.25, -0.2) is 0 Å². The van der Waals surface area contributed by atoms with Crippen molar-refractivity contribution >= 4 is 5.78 Å². The second kappa shape index (κ2) is 6.14. The van der Waals surface area contributed by atoms with Crippen LogP contribution in [0.3, 0.4) is 0 Å². The molecule has 0 aliphatic carbocycles. The van der Waals surface area contributed by atoms with Gasteiger partial charge >= 0.3 is 0 Å². The first-order valence-electron chi connectivity index (χ1n) is 4.33. The summed E-state index contributed by atoms with van der Waals surface area (Å²) in [5.74, 6) is 0.692. The first-order valence-corrected chi connectivity index (χ1v) is 4.33. The molecule has 0 aromatic carbocycles. The summed E-state index contributed by atoms with van der Waals surface area (Å²) in [6, 6.07) is 0. The van der Waals surface area contributed by atoms with Crippen LogP contribution in [0.15, 0.2) is 12.2 Å². The van der Waals surface area contributed by atoms with Gasteiger partial charge in [0.1, 0.15) is 5.78 Å². The fourth-order valence-corrected chi connectivity index (χ4v) is 1.02. The van der Waals surface area contributed by atoms with Crippen LogP contribution in [0.1, 0.15) is 40.0 Å². The van der Waals surface area contributed by atoms with E-state index in [0.717, 1.165) is 6.42 Å². The maximum Gasteiger partial charge on any atom is 0.130 e. The lowest BCUT2D eigenvalue weighted by atomic mass is 10.0. The molecule has 1 heteroatoms. The van der Waals surface area contributed by atoms with E-state index in [9.17, 15) is 4.79 Å². The maximum atomic E-state index is 10.7. The zero-order valence-corrected chi connectivity index (χ0v) is 7.76. The van der Waals surface area contributed by atoms with Crippen molar-refractivity contribution in [3.05, 3.63) is 12.2 Å². The molecule has 1 unspecified atom stereocenters. The van der Waals surface area contributed by atoms with Crippen molar-refractivity contribution in [3.8, 4) is 0 Å². The van der Waals surface area contributed by atoms with Gasteiger partial charge in [-0.1, -0.05) is 32.4 Å². The molecule has 0 amide bonds. The van der Waals surface area contributed by atoms with Crippen LogP contribution < -0.4 is 0 Å². The van der Waals surface area contributed by atoms with E-state index in [2.05, 4.69) is 26.0 Å². The summed E-state index contributed by atoms with van der Waals surface area (Å²) < 4.78 is 0. The molecular weight excluding hydrogens is 136 g/mol. The molecule has 0 spiro atoms. The van der Waals surface area contributed by atoms with Gasteiger partial charge in [-0.05, 0) is 19.3 Å². The van der Waals surface area contributed by atoms with E-state index in [-0.39, 0.29) is 5.78 Å². The Morgan fingerprint density at radius 2 is 2.18 bits per heavy atom. The van der Waals surface area contributed by atoms with Crippen LogP contribution in [-0.2, 0) is 4.79 Å². The highest BCUT2D eigenvalue weighted by Gasteiger charge is 1.99. The lowest BCUT2D eigenvalue weighted by molar-refractivity contribution is -0.117. The third-order valence-corrected chi connectivity index (χ3v) is 1.53. The Kier molecular flexibility index (Phi) is 5.81. The topological polar surface area (TPSA) is 17.1 Å². The number of carbonyl (C=O) groups excluding carboxylic acids is 1. The lowest BCUT2D eigenvalue weighted by Crippen LogP contribution is -1.97. The van der Waals surface area contributed by atoms with Gasteiger partial charge in [-0.15, -0.1) is 0 Å². The molecule has 0 saturated heterocycles. The van der Waals surface area contributed by atoms with Crippen LogP contribution in [0.25, 0.3) is 0 Å². The van der Waals surface area contributed by atoms with E-state index in [0.29, 0.717) is 12.3 Å². The summed E-state index contributed by atoms with van der Waals surface area (Å²) in [5.41, 5.74) is 0. The molecule has 0 heterocycles. The van der Waals surface area contributed by atoms with Crippen LogP contribution in [-0.4, -0.2) is 5.78 Å². The Labute approximate surface area is 69.5 Å². The molecule has 0 bridgehead atoms. The fourth-order valence-electron chi connectivity index (χ4n) is 1.02. The number of allylic oxidation sites excluding steroid dienone is 2. The predicted molar refractivity (Wildman–Crippen MR) is 48.5 cm³/mol. The summed E-state index contributed by atoms with van der Waals surface area (Å²) in [6.45, 7) is 5.87. The minimum absolute atomic E-state index is 0.277. The normalized spacial score (nSPS) is 13.7. The van der Waals surface area contributed by atoms with Crippen molar-refractivity contribution in [3.63, 3.8) is 0 Å². The highest BCUT2D eigenvalue weighted by molar-refractivity contribution is 5.75. The monoisotopic (exact) mass is 154 g/mol. The van der Waals surface area contributed by atoms with Gasteiger partial charge in [0, 0.05) is 6.42 Å². The van der Waals surface area contributed by atoms with E-state index in [4.69, 9.17) is 0 Å². The van der Waals surface area contributed by atoms with Gasteiger partial charge in [0.05, 0.1) is 0 Å². The molecule has 1 nitrogen and oxygen atoms in total. The molecule has 0 rings (SSSR count). The van der Waals surface area contributed by atoms with Crippen molar-refractivity contribution < 1.29 is 4.79 Å². The molecule has 0 aromatic rings. The van der Waals surface area contributed by atoms with Crippen LogP contribution in [0.5, 0.6) is 0 Å².